The van der Waals surface area contributed by atoms with Crippen molar-refractivity contribution in [3.05, 3.63) is 33.8 Å². The number of hydrogen-bond donors (Lipinski definition) is 0. The molecular formula is C15H18ClN3O2S. The van der Waals surface area contributed by atoms with Crippen molar-refractivity contribution in [1.82, 2.24) is 14.5 Å². The van der Waals surface area contributed by atoms with Gasteiger partial charge in [0.1, 0.15) is 21.5 Å². The van der Waals surface area contributed by atoms with E-state index in [-0.39, 0.29) is 0 Å². The van der Waals surface area contributed by atoms with E-state index in [4.69, 9.17) is 21.1 Å². The molecule has 1 aromatic heterocycles. The second-order valence-electron chi connectivity index (χ2n) is 5.31. The highest BCUT2D eigenvalue weighted by molar-refractivity contribution is 7.10. The van der Waals surface area contributed by atoms with Crippen LogP contribution in [0.25, 0.3) is 0 Å². The molecular weight excluding hydrogens is 322 g/mol. The molecule has 3 rings (SSSR count). The van der Waals surface area contributed by atoms with Crippen LogP contribution in [0.3, 0.4) is 0 Å². The fraction of sp³-hybridized carbons (Fsp3) is 0.467. The minimum absolute atomic E-state index is 0.577. The van der Waals surface area contributed by atoms with Gasteiger partial charge in [-0.3, -0.25) is 4.90 Å². The first-order chi connectivity index (χ1) is 10.7. The molecule has 7 heteroatoms. The maximum Gasteiger partial charge on any atom is 0.138 e. The monoisotopic (exact) mass is 339 g/mol. The molecule has 1 fully saturated rings. The maximum atomic E-state index is 6.14. The molecule has 118 valence electrons. The molecule has 0 unspecified atom stereocenters. The number of ether oxygens (including phenoxy) is 2. The number of hydrogen-bond acceptors (Lipinski definition) is 6. The van der Waals surface area contributed by atoms with Crippen molar-refractivity contribution in [2.45, 2.75) is 32.0 Å². The molecule has 0 aliphatic heterocycles. The summed E-state index contributed by atoms with van der Waals surface area (Å²) in [5.74, 6) is 1.70. The first-order valence-corrected chi connectivity index (χ1v) is 8.28. The van der Waals surface area contributed by atoms with Gasteiger partial charge in [0.2, 0.25) is 0 Å². The Hall–Kier alpha value is -1.37. The van der Waals surface area contributed by atoms with Crippen LogP contribution in [0.15, 0.2) is 18.2 Å². The molecule has 1 aromatic carbocycles. The highest BCUT2D eigenvalue weighted by Crippen LogP contribution is 2.33. The molecule has 0 amide bonds. The minimum Gasteiger partial charge on any atom is -0.497 e. The van der Waals surface area contributed by atoms with Gasteiger partial charge in [0, 0.05) is 36.2 Å². The summed E-state index contributed by atoms with van der Waals surface area (Å²) in [5.41, 5.74) is 1.95. The molecule has 5 nitrogen and oxygen atoms in total. The molecule has 1 aliphatic carbocycles. The standard InChI is InChI=1S/C15H18ClN3O2S/c1-20-12-5-6-14(21-2)10(7-12)8-19(11-3-4-11)9-13-15(16)22-18-17-13/h5-7,11H,3-4,8-9H2,1-2H3. The summed E-state index contributed by atoms with van der Waals surface area (Å²) in [6.07, 6.45) is 2.42. The van der Waals surface area contributed by atoms with Crippen LogP contribution in [0.2, 0.25) is 4.34 Å². The first-order valence-electron chi connectivity index (χ1n) is 7.13. The lowest BCUT2D eigenvalue weighted by Gasteiger charge is -2.22. The Balaban J connectivity index is 1.80. The van der Waals surface area contributed by atoms with Gasteiger partial charge in [-0.05, 0) is 31.0 Å². The van der Waals surface area contributed by atoms with Crippen LogP contribution >= 0.6 is 23.1 Å². The Morgan fingerprint density at radius 1 is 1.27 bits per heavy atom. The lowest BCUT2D eigenvalue weighted by Crippen LogP contribution is -2.25. The summed E-state index contributed by atoms with van der Waals surface area (Å²) >= 11 is 7.37. The molecule has 1 saturated carbocycles. The summed E-state index contributed by atoms with van der Waals surface area (Å²) < 4.78 is 15.4. The summed E-state index contributed by atoms with van der Waals surface area (Å²) in [6, 6.07) is 6.45. The van der Waals surface area contributed by atoms with Gasteiger partial charge in [-0.15, -0.1) is 5.10 Å². The quantitative estimate of drug-likeness (QED) is 0.774. The third kappa shape index (κ3) is 3.51. The van der Waals surface area contributed by atoms with Gasteiger partial charge in [0.25, 0.3) is 0 Å². The zero-order valence-electron chi connectivity index (χ0n) is 12.6. The zero-order chi connectivity index (χ0) is 15.5. The maximum absolute atomic E-state index is 6.14. The van der Waals surface area contributed by atoms with Crippen LogP contribution in [0.5, 0.6) is 11.5 Å². The van der Waals surface area contributed by atoms with Gasteiger partial charge < -0.3 is 9.47 Å². The largest absolute Gasteiger partial charge is 0.497 e. The van der Waals surface area contributed by atoms with E-state index < -0.39 is 0 Å². The third-order valence-electron chi connectivity index (χ3n) is 3.79. The van der Waals surface area contributed by atoms with E-state index in [1.807, 2.05) is 18.2 Å². The molecule has 0 saturated heterocycles. The Bertz CT molecular complexity index is 645. The van der Waals surface area contributed by atoms with Gasteiger partial charge >= 0.3 is 0 Å². The van der Waals surface area contributed by atoms with Crippen molar-refractivity contribution in [2.75, 3.05) is 14.2 Å². The van der Waals surface area contributed by atoms with Crippen molar-refractivity contribution in [1.29, 1.82) is 0 Å². The average molecular weight is 340 g/mol. The van der Waals surface area contributed by atoms with E-state index in [9.17, 15) is 0 Å². The van der Waals surface area contributed by atoms with Gasteiger partial charge in [-0.2, -0.15) is 0 Å². The lowest BCUT2D eigenvalue weighted by molar-refractivity contribution is 0.238. The van der Waals surface area contributed by atoms with Gasteiger partial charge in [0.05, 0.1) is 14.2 Å². The summed E-state index contributed by atoms with van der Waals surface area (Å²) in [6.45, 7) is 1.49. The summed E-state index contributed by atoms with van der Waals surface area (Å²) in [7, 11) is 3.36. The number of rotatable bonds is 7. The van der Waals surface area contributed by atoms with Gasteiger partial charge in [0.15, 0.2) is 0 Å². The van der Waals surface area contributed by atoms with E-state index in [0.29, 0.717) is 16.9 Å². The summed E-state index contributed by atoms with van der Waals surface area (Å²) in [4.78, 5) is 2.37. The van der Waals surface area contributed by atoms with Crippen LogP contribution < -0.4 is 9.47 Å². The minimum atomic E-state index is 0.577. The van der Waals surface area contributed by atoms with Crippen LogP contribution in [-0.4, -0.2) is 34.7 Å². The summed E-state index contributed by atoms with van der Waals surface area (Å²) in [5, 5.41) is 4.12. The van der Waals surface area contributed by atoms with Gasteiger partial charge in [-0.25, -0.2) is 0 Å². The molecule has 0 radical (unpaired) electrons. The zero-order valence-corrected chi connectivity index (χ0v) is 14.2. The van der Waals surface area contributed by atoms with Crippen molar-refractivity contribution < 1.29 is 9.47 Å². The normalized spacial score (nSPS) is 14.4. The molecule has 0 spiro atoms. The second-order valence-corrected chi connectivity index (χ2v) is 6.66. The average Bonchev–Trinajstić information content (AvgIpc) is 3.31. The molecule has 1 aliphatic rings. The molecule has 0 bridgehead atoms. The van der Waals surface area contributed by atoms with E-state index >= 15 is 0 Å². The number of benzene rings is 1. The Morgan fingerprint density at radius 2 is 2.09 bits per heavy atom. The first kappa shape index (κ1) is 15.5. The fourth-order valence-corrected chi connectivity index (χ4v) is 3.07. The van der Waals surface area contributed by atoms with E-state index in [1.165, 1.54) is 24.4 Å². The van der Waals surface area contributed by atoms with Crippen molar-refractivity contribution in [3.8, 4) is 11.5 Å². The Kier molecular flexibility index (Phi) is 4.81. The number of halogens is 1. The van der Waals surface area contributed by atoms with Crippen LogP contribution in [-0.2, 0) is 13.1 Å². The number of methoxy groups -OCH3 is 2. The molecule has 22 heavy (non-hydrogen) atoms. The van der Waals surface area contributed by atoms with Gasteiger partial charge in [-0.1, -0.05) is 16.1 Å². The molecule has 1 heterocycles. The molecule has 0 atom stereocenters. The van der Waals surface area contributed by atoms with Crippen molar-refractivity contribution >= 4 is 23.1 Å². The van der Waals surface area contributed by atoms with Crippen molar-refractivity contribution in [3.63, 3.8) is 0 Å². The molecule has 0 N–H and O–H groups in total. The SMILES string of the molecule is COc1ccc(OC)c(CN(Cc2nnsc2Cl)C2CC2)c1. The smallest absolute Gasteiger partial charge is 0.138 e. The number of aromatic nitrogens is 2. The topological polar surface area (TPSA) is 47.5 Å². The lowest BCUT2D eigenvalue weighted by atomic mass is 10.1. The Labute approximate surface area is 139 Å². The van der Waals surface area contributed by atoms with Crippen LogP contribution in [0, 0.1) is 0 Å². The number of nitrogens with zero attached hydrogens (tertiary/aromatic N) is 3. The molecule has 2 aromatic rings. The van der Waals surface area contributed by atoms with E-state index in [1.54, 1.807) is 14.2 Å². The third-order valence-corrected chi connectivity index (χ3v) is 4.77. The fourth-order valence-electron chi connectivity index (χ4n) is 2.46. The Morgan fingerprint density at radius 3 is 2.68 bits per heavy atom. The van der Waals surface area contributed by atoms with E-state index in [2.05, 4.69) is 14.5 Å². The van der Waals surface area contributed by atoms with Crippen LogP contribution in [0.1, 0.15) is 24.1 Å². The predicted octanol–water partition coefficient (Wildman–Crippen LogP) is 3.37. The van der Waals surface area contributed by atoms with Crippen molar-refractivity contribution in [2.24, 2.45) is 0 Å². The highest BCUT2D eigenvalue weighted by atomic mass is 35.5. The van der Waals surface area contributed by atoms with Crippen LogP contribution in [0.4, 0.5) is 0 Å². The highest BCUT2D eigenvalue weighted by Gasteiger charge is 2.30. The predicted molar refractivity (Wildman–Crippen MR) is 86.7 cm³/mol. The van der Waals surface area contributed by atoms with E-state index in [0.717, 1.165) is 29.3 Å². The second kappa shape index (κ2) is 6.81.